The van der Waals surface area contributed by atoms with Crippen molar-refractivity contribution in [3.05, 3.63) is 102 Å². The molecule has 2 amide bonds. The summed E-state index contributed by atoms with van der Waals surface area (Å²) in [6.45, 7) is 3.64. The van der Waals surface area contributed by atoms with Gasteiger partial charge in [-0.25, -0.2) is 30.0 Å². The summed E-state index contributed by atoms with van der Waals surface area (Å²) in [6, 6.07) is 24.0. The van der Waals surface area contributed by atoms with Gasteiger partial charge in [0.25, 0.3) is 0 Å². The number of methoxy groups -OCH3 is 2. The van der Waals surface area contributed by atoms with E-state index in [2.05, 4.69) is 64.6 Å². The van der Waals surface area contributed by atoms with E-state index in [0.29, 0.717) is 40.6 Å². The van der Waals surface area contributed by atoms with Gasteiger partial charge in [-0.3, -0.25) is 9.59 Å². The van der Waals surface area contributed by atoms with Crippen LogP contribution >= 0.6 is 11.6 Å². The zero-order valence-corrected chi connectivity index (χ0v) is 34.2. The number of hydrazone groups is 2. The van der Waals surface area contributed by atoms with E-state index in [4.69, 9.17) is 21.1 Å². The van der Waals surface area contributed by atoms with E-state index in [1.165, 1.54) is 38.2 Å². The van der Waals surface area contributed by atoms with Gasteiger partial charge in [-0.05, 0) is 73.6 Å². The van der Waals surface area contributed by atoms with Crippen LogP contribution in [-0.2, 0) is 9.59 Å². The number of fused-ring (bicyclic) bond motifs is 4. The number of nitrogens with one attached hydrogen (secondary N) is 1. The Balaban J connectivity index is 0.000000140. The van der Waals surface area contributed by atoms with Crippen LogP contribution in [0.25, 0.3) is 0 Å². The number of carbonyl (C=O) groups is 2. The number of anilines is 1. The molecule has 6 aliphatic rings. The Labute approximate surface area is 350 Å². The van der Waals surface area contributed by atoms with Crippen LogP contribution in [0.2, 0.25) is 5.15 Å². The standard InChI is InChI=1S/C22H25N5O2.C17H21N3O.C5H5ClN2O/c1-29-20-11-19(23-14-24-20)26-12-16-7-8-17(13-26)21(16)22(28)27-18(9-10-25-27)15-5-3-2-4-6-15;21-17(16-13-6-7-14(16)11-18-10-13)20-15(8-9-19-20)12-4-2-1-3-5-12;1-9-5-2-4(6)7-3-8-5/h2-6,10-11,14,16-18,21H,7-9,12-13H2,1H3;1-5,9,13-16,18H,6-8,10-11H2;2-3H,1H3. The van der Waals surface area contributed by atoms with Crippen molar-refractivity contribution in [1.82, 2.24) is 35.3 Å². The highest BCUT2D eigenvalue weighted by Crippen LogP contribution is 2.46. The van der Waals surface area contributed by atoms with Crippen molar-refractivity contribution in [2.45, 2.75) is 50.6 Å². The molecular formula is C44H51ClN10O4. The summed E-state index contributed by atoms with van der Waals surface area (Å²) >= 11 is 5.49. The molecule has 14 nitrogen and oxygen atoms in total. The lowest BCUT2D eigenvalue weighted by molar-refractivity contribution is -0.141. The Kier molecular flexibility index (Phi) is 12.7. The van der Waals surface area contributed by atoms with Gasteiger partial charge in [0, 0.05) is 62.3 Å². The maximum atomic E-state index is 13.5. The molecule has 0 spiro atoms. The van der Waals surface area contributed by atoms with Crippen LogP contribution in [-0.4, -0.2) is 94.6 Å². The van der Waals surface area contributed by atoms with Crippen molar-refractivity contribution < 1.29 is 19.1 Å². The van der Waals surface area contributed by atoms with Gasteiger partial charge in [0.1, 0.15) is 23.6 Å². The number of halogens is 1. The van der Waals surface area contributed by atoms with Crippen molar-refractivity contribution in [3.8, 4) is 11.8 Å². The van der Waals surface area contributed by atoms with Crippen molar-refractivity contribution in [3.63, 3.8) is 0 Å². The molecule has 2 saturated carbocycles. The number of ether oxygens (including phenoxy) is 2. The Bertz CT molecular complexity index is 2080. The molecule has 4 aromatic rings. The zero-order valence-electron chi connectivity index (χ0n) is 33.5. The number of aromatic nitrogens is 4. The van der Waals surface area contributed by atoms with Crippen molar-refractivity contribution in [2.75, 3.05) is 45.3 Å². The first kappa shape index (κ1) is 40.3. The Morgan fingerprint density at radius 3 is 1.61 bits per heavy atom. The molecule has 4 aliphatic heterocycles. The van der Waals surface area contributed by atoms with E-state index in [1.54, 1.807) is 23.2 Å². The molecule has 59 heavy (non-hydrogen) atoms. The number of carbonyl (C=O) groups excluding carboxylic acids is 2. The van der Waals surface area contributed by atoms with Crippen molar-refractivity contribution in [1.29, 1.82) is 0 Å². The number of benzene rings is 2. The zero-order chi connectivity index (χ0) is 40.7. The van der Waals surface area contributed by atoms with Crippen LogP contribution in [0.3, 0.4) is 0 Å². The Morgan fingerprint density at radius 1 is 0.644 bits per heavy atom. The van der Waals surface area contributed by atoms with E-state index in [1.807, 2.05) is 54.9 Å². The van der Waals surface area contributed by atoms with Crippen LogP contribution in [0.4, 0.5) is 5.82 Å². The topological polar surface area (TPSA) is 151 Å². The van der Waals surface area contributed by atoms with Gasteiger partial charge < -0.3 is 19.7 Å². The molecule has 0 radical (unpaired) electrons. The number of piperidine rings is 2. The fourth-order valence-corrected chi connectivity index (χ4v) is 9.94. The fraction of sp³-hybridized carbons (Fsp3) is 0.455. The summed E-state index contributed by atoms with van der Waals surface area (Å²) < 4.78 is 10.0. The number of amides is 2. The molecule has 6 heterocycles. The summed E-state index contributed by atoms with van der Waals surface area (Å²) in [7, 11) is 3.14. The van der Waals surface area contributed by atoms with E-state index in [9.17, 15) is 9.59 Å². The minimum absolute atomic E-state index is 0.0206. The Hall–Kier alpha value is -5.47. The summed E-state index contributed by atoms with van der Waals surface area (Å²) in [5, 5.41) is 16.2. The van der Waals surface area contributed by atoms with Gasteiger partial charge in [-0.2, -0.15) is 10.2 Å². The second-order valence-corrected chi connectivity index (χ2v) is 16.3. The van der Waals surface area contributed by atoms with E-state index < -0.39 is 0 Å². The van der Waals surface area contributed by atoms with Crippen molar-refractivity contribution in [2.24, 2.45) is 45.7 Å². The minimum atomic E-state index is 0.0206. The highest BCUT2D eigenvalue weighted by atomic mass is 35.5. The molecule has 15 heteroatoms. The molecule has 10 rings (SSSR count). The molecule has 2 aromatic carbocycles. The molecule has 4 fully saturated rings. The molecule has 4 bridgehead atoms. The van der Waals surface area contributed by atoms with Gasteiger partial charge in [-0.1, -0.05) is 72.3 Å². The SMILES string of the molecule is COc1cc(Cl)ncn1.COc1cc(N2CC3CCC(C2)C3C(=O)N2N=CCC2c2ccccc2)ncn1.O=C(C1C2CCC1CNC2)N1N=CCC1c1ccccc1. The number of hydrogen-bond acceptors (Lipinski definition) is 12. The molecule has 2 aliphatic carbocycles. The fourth-order valence-electron chi connectivity index (χ4n) is 9.81. The van der Waals surface area contributed by atoms with Gasteiger partial charge in [-0.15, -0.1) is 0 Å². The van der Waals surface area contributed by atoms with Crippen LogP contribution in [0.15, 0.2) is 95.7 Å². The predicted octanol–water partition coefficient (Wildman–Crippen LogP) is 6.24. The normalized spacial score (nSPS) is 27.4. The first-order chi connectivity index (χ1) is 28.9. The maximum Gasteiger partial charge on any atom is 0.247 e. The monoisotopic (exact) mass is 818 g/mol. The third kappa shape index (κ3) is 8.93. The highest BCUT2D eigenvalue weighted by molar-refractivity contribution is 6.29. The summed E-state index contributed by atoms with van der Waals surface area (Å²) in [6.07, 6.45) is 12.8. The first-order valence-corrected chi connectivity index (χ1v) is 20.9. The number of hydrogen-bond donors (Lipinski definition) is 1. The van der Waals surface area contributed by atoms with E-state index in [-0.39, 0.29) is 35.7 Å². The average Bonchev–Trinajstić information content (AvgIpc) is 4.08. The second-order valence-electron chi connectivity index (χ2n) is 15.9. The third-order valence-corrected chi connectivity index (χ3v) is 12.8. The Morgan fingerprint density at radius 2 is 1.12 bits per heavy atom. The summed E-state index contributed by atoms with van der Waals surface area (Å²) in [4.78, 5) is 44.8. The summed E-state index contributed by atoms with van der Waals surface area (Å²) in [5.74, 6) is 4.22. The van der Waals surface area contributed by atoms with Crippen LogP contribution in [0, 0.1) is 35.5 Å². The van der Waals surface area contributed by atoms with Gasteiger partial charge in [0.2, 0.25) is 23.6 Å². The van der Waals surface area contributed by atoms with Crippen molar-refractivity contribution >= 4 is 41.7 Å². The lowest BCUT2D eigenvalue weighted by atomic mass is 9.83. The molecule has 6 atom stereocenters. The van der Waals surface area contributed by atoms with Gasteiger partial charge in [0.15, 0.2) is 0 Å². The highest BCUT2D eigenvalue weighted by Gasteiger charge is 2.49. The van der Waals surface area contributed by atoms with E-state index >= 15 is 0 Å². The largest absolute Gasteiger partial charge is 0.481 e. The molecule has 6 unspecified atom stereocenters. The molecule has 308 valence electrons. The first-order valence-electron chi connectivity index (χ1n) is 20.6. The smallest absolute Gasteiger partial charge is 0.247 e. The minimum Gasteiger partial charge on any atom is -0.481 e. The number of nitrogens with zero attached hydrogens (tertiary/aromatic N) is 9. The molecular weight excluding hydrogens is 768 g/mol. The van der Waals surface area contributed by atoms with Crippen LogP contribution < -0.4 is 19.7 Å². The average molecular weight is 819 g/mol. The third-order valence-electron chi connectivity index (χ3n) is 12.6. The lowest BCUT2D eigenvalue weighted by Gasteiger charge is -2.39. The number of rotatable bonds is 7. The van der Waals surface area contributed by atoms with Gasteiger partial charge in [0.05, 0.1) is 26.3 Å². The predicted molar refractivity (Wildman–Crippen MR) is 225 cm³/mol. The van der Waals surface area contributed by atoms with Crippen LogP contribution in [0.1, 0.15) is 61.7 Å². The maximum absolute atomic E-state index is 13.5. The van der Waals surface area contributed by atoms with Crippen LogP contribution in [0.5, 0.6) is 11.8 Å². The molecule has 2 saturated heterocycles. The van der Waals surface area contributed by atoms with E-state index in [0.717, 1.165) is 63.2 Å². The quantitative estimate of drug-likeness (QED) is 0.213. The van der Waals surface area contributed by atoms with Gasteiger partial charge >= 0.3 is 0 Å². The lowest BCUT2D eigenvalue weighted by Crippen LogP contribution is -2.48. The second kappa shape index (κ2) is 18.6. The molecule has 2 aromatic heterocycles. The molecule has 1 N–H and O–H groups in total. The summed E-state index contributed by atoms with van der Waals surface area (Å²) in [5.41, 5.74) is 2.33.